The zero-order chi connectivity index (χ0) is 17.1. The Morgan fingerprint density at radius 3 is 2.57 bits per heavy atom. The first kappa shape index (κ1) is 17.0. The third-order valence-electron chi connectivity index (χ3n) is 3.66. The standard InChI is InChI=1S/C16H18ClN3O3/c1-11(2)19(10-13-5-4-8-18(13)3)16(21)14-7-6-12(20(22)23)9-15(14)17/h4-9,11H,10H2,1-3H3. The molecule has 2 aromatic rings. The predicted octanol–water partition coefficient (Wildman–Crippen LogP) is 3.64. The zero-order valence-corrected chi connectivity index (χ0v) is 13.9. The Morgan fingerprint density at radius 2 is 2.09 bits per heavy atom. The molecule has 0 aliphatic heterocycles. The Hall–Kier alpha value is -2.34. The minimum atomic E-state index is -0.537. The first-order chi connectivity index (χ1) is 10.8. The summed E-state index contributed by atoms with van der Waals surface area (Å²) in [4.78, 5) is 24.7. The number of aromatic nitrogens is 1. The smallest absolute Gasteiger partial charge is 0.270 e. The first-order valence-electron chi connectivity index (χ1n) is 7.16. The number of non-ortho nitro benzene ring substituents is 1. The van der Waals surface area contributed by atoms with Crippen LogP contribution in [-0.2, 0) is 13.6 Å². The summed E-state index contributed by atoms with van der Waals surface area (Å²) in [6, 6.07) is 7.72. The molecule has 2 rings (SSSR count). The number of nitro groups is 1. The summed E-state index contributed by atoms with van der Waals surface area (Å²) >= 11 is 6.07. The van der Waals surface area contributed by atoms with Crippen LogP contribution < -0.4 is 0 Å². The van der Waals surface area contributed by atoms with Crippen molar-refractivity contribution in [3.05, 3.63) is 62.9 Å². The molecule has 1 aromatic heterocycles. The van der Waals surface area contributed by atoms with Gasteiger partial charge in [0.1, 0.15) is 0 Å². The summed E-state index contributed by atoms with van der Waals surface area (Å²) in [5, 5.41) is 10.9. The molecule has 1 heterocycles. The van der Waals surface area contributed by atoms with Gasteiger partial charge in [0.25, 0.3) is 11.6 Å². The van der Waals surface area contributed by atoms with Crippen LogP contribution >= 0.6 is 11.6 Å². The number of benzene rings is 1. The number of rotatable bonds is 5. The predicted molar refractivity (Wildman–Crippen MR) is 88.5 cm³/mol. The second-order valence-electron chi connectivity index (χ2n) is 5.56. The topological polar surface area (TPSA) is 68.4 Å². The van der Waals surface area contributed by atoms with Gasteiger partial charge in [0, 0.05) is 37.1 Å². The highest BCUT2D eigenvalue weighted by molar-refractivity contribution is 6.34. The largest absolute Gasteiger partial charge is 0.353 e. The Balaban J connectivity index is 2.31. The Kier molecular flexibility index (Phi) is 5.05. The molecule has 23 heavy (non-hydrogen) atoms. The third-order valence-corrected chi connectivity index (χ3v) is 3.97. The molecule has 6 nitrogen and oxygen atoms in total. The number of hydrogen-bond donors (Lipinski definition) is 0. The van der Waals surface area contributed by atoms with E-state index in [0.717, 1.165) is 5.69 Å². The molecule has 0 fully saturated rings. The summed E-state index contributed by atoms with van der Waals surface area (Å²) in [5.74, 6) is -0.249. The molecule has 1 aromatic carbocycles. The number of hydrogen-bond acceptors (Lipinski definition) is 3. The van der Waals surface area contributed by atoms with E-state index in [-0.39, 0.29) is 28.2 Å². The Bertz CT molecular complexity index is 740. The van der Waals surface area contributed by atoms with Gasteiger partial charge in [-0.25, -0.2) is 0 Å². The average Bonchev–Trinajstić information content (AvgIpc) is 2.88. The van der Waals surface area contributed by atoms with Gasteiger partial charge in [-0.2, -0.15) is 0 Å². The number of amides is 1. The quantitative estimate of drug-likeness (QED) is 0.618. The molecule has 1 amide bonds. The molecule has 122 valence electrons. The maximum atomic E-state index is 12.8. The lowest BCUT2D eigenvalue weighted by atomic mass is 10.1. The lowest BCUT2D eigenvalue weighted by molar-refractivity contribution is -0.384. The summed E-state index contributed by atoms with van der Waals surface area (Å²) in [5.41, 5.74) is 1.12. The second kappa shape index (κ2) is 6.83. The fraction of sp³-hybridized carbons (Fsp3) is 0.312. The molecule has 0 atom stereocenters. The van der Waals surface area contributed by atoms with E-state index in [1.165, 1.54) is 18.2 Å². The molecular formula is C16H18ClN3O3. The monoisotopic (exact) mass is 335 g/mol. The molecular weight excluding hydrogens is 318 g/mol. The molecule has 0 saturated carbocycles. The zero-order valence-electron chi connectivity index (χ0n) is 13.2. The van der Waals surface area contributed by atoms with Gasteiger partial charge in [-0.05, 0) is 32.0 Å². The van der Waals surface area contributed by atoms with Gasteiger partial charge in [0.15, 0.2) is 0 Å². The van der Waals surface area contributed by atoms with Crippen molar-refractivity contribution in [1.82, 2.24) is 9.47 Å². The van der Waals surface area contributed by atoms with E-state index >= 15 is 0 Å². The van der Waals surface area contributed by atoms with Crippen molar-refractivity contribution in [2.24, 2.45) is 7.05 Å². The molecule has 0 spiro atoms. The van der Waals surface area contributed by atoms with Crippen LogP contribution in [0.1, 0.15) is 29.9 Å². The number of aryl methyl sites for hydroxylation is 1. The van der Waals surface area contributed by atoms with Crippen molar-refractivity contribution in [2.75, 3.05) is 0 Å². The van der Waals surface area contributed by atoms with Gasteiger partial charge in [-0.15, -0.1) is 0 Å². The van der Waals surface area contributed by atoms with Crippen molar-refractivity contribution in [3.8, 4) is 0 Å². The van der Waals surface area contributed by atoms with Gasteiger partial charge in [0.2, 0.25) is 0 Å². The van der Waals surface area contributed by atoms with Crippen LogP contribution in [-0.4, -0.2) is 26.3 Å². The van der Waals surface area contributed by atoms with Crippen molar-refractivity contribution in [1.29, 1.82) is 0 Å². The molecule has 0 aliphatic carbocycles. The molecule has 0 saturated heterocycles. The van der Waals surface area contributed by atoms with Gasteiger partial charge in [-0.1, -0.05) is 11.6 Å². The normalized spacial score (nSPS) is 10.8. The van der Waals surface area contributed by atoms with E-state index in [0.29, 0.717) is 6.54 Å². The maximum absolute atomic E-state index is 12.8. The van der Waals surface area contributed by atoms with E-state index in [1.807, 2.05) is 43.8 Å². The van der Waals surface area contributed by atoms with E-state index < -0.39 is 4.92 Å². The van der Waals surface area contributed by atoms with Gasteiger partial charge in [0.05, 0.1) is 22.1 Å². The Labute approximate surface area is 139 Å². The van der Waals surface area contributed by atoms with Crippen LogP contribution in [0, 0.1) is 10.1 Å². The third kappa shape index (κ3) is 3.71. The van der Waals surface area contributed by atoms with E-state index in [4.69, 9.17) is 11.6 Å². The molecule has 0 bridgehead atoms. The van der Waals surface area contributed by atoms with Crippen molar-refractivity contribution in [2.45, 2.75) is 26.4 Å². The summed E-state index contributed by atoms with van der Waals surface area (Å²) in [6.07, 6.45) is 1.91. The van der Waals surface area contributed by atoms with Crippen molar-refractivity contribution >= 4 is 23.2 Å². The lowest BCUT2D eigenvalue weighted by Gasteiger charge is -2.27. The van der Waals surface area contributed by atoms with Crippen LogP contribution in [0.2, 0.25) is 5.02 Å². The molecule has 0 N–H and O–H groups in total. The number of halogens is 1. The maximum Gasteiger partial charge on any atom is 0.270 e. The van der Waals surface area contributed by atoms with Crippen LogP contribution in [0.5, 0.6) is 0 Å². The minimum Gasteiger partial charge on any atom is -0.353 e. The highest BCUT2D eigenvalue weighted by Crippen LogP contribution is 2.25. The van der Waals surface area contributed by atoms with E-state index in [2.05, 4.69) is 0 Å². The molecule has 7 heteroatoms. The van der Waals surface area contributed by atoms with E-state index in [9.17, 15) is 14.9 Å². The highest BCUT2D eigenvalue weighted by Gasteiger charge is 2.23. The van der Waals surface area contributed by atoms with E-state index in [1.54, 1.807) is 4.90 Å². The van der Waals surface area contributed by atoms with Crippen molar-refractivity contribution in [3.63, 3.8) is 0 Å². The Morgan fingerprint density at radius 1 is 1.39 bits per heavy atom. The highest BCUT2D eigenvalue weighted by atomic mass is 35.5. The van der Waals surface area contributed by atoms with Gasteiger partial charge in [-0.3, -0.25) is 14.9 Å². The summed E-state index contributed by atoms with van der Waals surface area (Å²) in [7, 11) is 1.91. The second-order valence-corrected chi connectivity index (χ2v) is 5.97. The van der Waals surface area contributed by atoms with Crippen LogP contribution in [0.25, 0.3) is 0 Å². The lowest BCUT2D eigenvalue weighted by Crippen LogP contribution is -2.37. The van der Waals surface area contributed by atoms with Crippen LogP contribution in [0.4, 0.5) is 5.69 Å². The number of nitrogens with zero attached hydrogens (tertiary/aromatic N) is 3. The fourth-order valence-electron chi connectivity index (χ4n) is 2.27. The number of nitro benzene ring substituents is 1. The summed E-state index contributed by atoms with van der Waals surface area (Å²) in [6.45, 7) is 4.27. The van der Waals surface area contributed by atoms with Crippen molar-refractivity contribution < 1.29 is 9.72 Å². The fourth-order valence-corrected chi connectivity index (χ4v) is 2.53. The first-order valence-corrected chi connectivity index (χ1v) is 7.54. The SMILES string of the molecule is CC(C)N(Cc1cccn1C)C(=O)c1ccc([N+](=O)[O-])cc1Cl. The molecule has 0 radical (unpaired) electrons. The van der Waals surface area contributed by atoms with Crippen LogP contribution in [0.3, 0.4) is 0 Å². The van der Waals surface area contributed by atoms with Gasteiger partial charge < -0.3 is 9.47 Å². The van der Waals surface area contributed by atoms with Crippen LogP contribution in [0.15, 0.2) is 36.5 Å². The molecule has 0 unspecified atom stereocenters. The van der Waals surface area contributed by atoms with Gasteiger partial charge >= 0.3 is 0 Å². The number of carbonyl (C=O) groups excluding carboxylic acids is 1. The minimum absolute atomic E-state index is 0.0383. The average molecular weight is 336 g/mol. The number of carbonyl (C=O) groups is 1. The molecule has 0 aliphatic rings. The summed E-state index contributed by atoms with van der Waals surface area (Å²) < 4.78 is 1.94.